The van der Waals surface area contributed by atoms with E-state index in [0.29, 0.717) is 5.95 Å². The van der Waals surface area contributed by atoms with Gasteiger partial charge in [-0.25, -0.2) is 9.78 Å². The summed E-state index contributed by atoms with van der Waals surface area (Å²) in [6.07, 6.45) is 3.72. The zero-order valence-electron chi connectivity index (χ0n) is 8.71. The van der Waals surface area contributed by atoms with E-state index in [1.54, 1.807) is 0 Å². The van der Waals surface area contributed by atoms with E-state index in [-0.39, 0.29) is 5.95 Å². The Hall–Kier alpha value is -2.25. The van der Waals surface area contributed by atoms with Crippen LogP contribution in [0.3, 0.4) is 0 Å². The molecular formula is C8H11N7O. The van der Waals surface area contributed by atoms with Gasteiger partial charge in [-0.3, -0.25) is 4.98 Å². The maximum atomic E-state index is 11.3. The maximum absolute atomic E-state index is 11.3. The summed E-state index contributed by atoms with van der Waals surface area (Å²) in [5.74, 6) is 0.576. The molecule has 84 valence electrons. The Kier molecular flexibility index (Phi) is 2.90. The Bertz CT molecular complexity index is 503. The molecule has 0 radical (unpaired) electrons. The quantitative estimate of drug-likeness (QED) is 0.726. The number of nitrogens with zero attached hydrogens (tertiary/aromatic N) is 5. The van der Waals surface area contributed by atoms with Crippen molar-refractivity contribution in [3.05, 3.63) is 23.1 Å². The Balaban J connectivity index is 2.33. The fourth-order valence-electron chi connectivity index (χ4n) is 1.11. The van der Waals surface area contributed by atoms with Crippen molar-refractivity contribution in [2.24, 2.45) is 0 Å². The molecule has 0 spiro atoms. The SMILES string of the molecule is CCCNc1nc(-n2cncn2)nc(=O)[nH]1. The molecule has 0 saturated heterocycles. The maximum Gasteiger partial charge on any atom is 0.351 e. The third-order valence-electron chi connectivity index (χ3n) is 1.80. The lowest BCUT2D eigenvalue weighted by Crippen LogP contribution is -2.19. The van der Waals surface area contributed by atoms with Gasteiger partial charge in [-0.15, -0.1) is 0 Å². The number of aromatic amines is 1. The number of hydrogen-bond donors (Lipinski definition) is 2. The van der Waals surface area contributed by atoms with E-state index in [1.807, 2.05) is 6.92 Å². The minimum absolute atomic E-state index is 0.194. The molecule has 0 amide bonds. The number of rotatable bonds is 4. The van der Waals surface area contributed by atoms with Crippen molar-refractivity contribution < 1.29 is 0 Å². The van der Waals surface area contributed by atoms with Crippen LogP contribution in [0.4, 0.5) is 5.95 Å². The largest absolute Gasteiger partial charge is 0.356 e. The predicted octanol–water partition coefficient (Wildman–Crippen LogP) is -0.433. The van der Waals surface area contributed by atoms with Crippen molar-refractivity contribution in [1.29, 1.82) is 0 Å². The topological polar surface area (TPSA) is 101 Å². The molecule has 0 aliphatic carbocycles. The molecule has 0 unspecified atom stereocenters. The van der Waals surface area contributed by atoms with Gasteiger partial charge in [0, 0.05) is 6.54 Å². The smallest absolute Gasteiger partial charge is 0.351 e. The van der Waals surface area contributed by atoms with Crippen molar-refractivity contribution >= 4 is 5.95 Å². The number of anilines is 1. The molecule has 8 heteroatoms. The number of aromatic nitrogens is 6. The van der Waals surface area contributed by atoms with Crippen molar-refractivity contribution in [3.8, 4) is 5.95 Å². The van der Waals surface area contributed by atoms with Crippen LogP contribution in [0.5, 0.6) is 0 Å². The van der Waals surface area contributed by atoms with Gasteiger partial charge in [0.2, 0.25) is 5.95 Å². The van der Waals surface area contributed by atoms with Gasteiger partial charge in [-0.05, 0) is 6.42 Å². The zero-order valence-corrected chi connectivity index (χ0v) is 8.71. The molecule has 2 N–H and O–H groups in total. The van der Waals surface area contributed by atoms with Crippen LogP contribution in [0.25, 0.3) is 5.95 Å². The Morgan fingerprint density at radius 1 is 1.50 bits per heavy atom. The molecule has 0 atom stereocenters. The van der Waals surface area contributed by atoms with Crippen LogP contribution in [0, 0.1) is 0 Å². The minimum atomic E-state index is -0.473. The number of hydrogen-bond acceptors (Lipinski definition) is 6. The van der Waals surface area contributed by atoms with Gasteiger partial charge >= 0.3 is 5.69 Å². The van der Waals surface area contributed by atoms with E-state index in [4.69, 9.17) is 0 Å². The van der Waals surface area contributed by atoms with Crippen LogP contribution in [0.1, 0.15) is 13.3 Å². The lowest BCUT2D eigenvalue weighted by atomic mass is 10.5. The van der Waals surface area contributed by atoms with Crippen LogP contribution >= 0.6 is 0 Å². The fourth-order valence-corrected chi connectivity index (χ4v) is 1.11. The molecule has 2 aromatic rings. The summed E-state index contributed by atoms with van der Waals surface area (Å²) in [5, 5.41) is 6.82. The first-order valence-electron chi connectivity index (χ1n) is 4.87. The van der Waals surface area contributed by atoms with E-state index in [1.165, 1.54) is 17.3 Å². The van der Waals surface area contributed by atoms with Crippen LogP contribution < -0.4 is 11.0 Å². The first kappa shape index (κ1) is 10.3. The van der Waals surface area contributed by atoms with Crippen molar-refractivity contribution in [2.45, 2.75) is 13.3 Å². The summed E-state index contributed by atoms with van der Waals surface area (Å²) < 4.78 is 1.33. The second kappa shape index (κ2) is 4.51. The van der Waals surface area contributed by atoms with E-state index in [9.17, 15) is 4.79 Å². The van der Waals surface area contributed by atoms with Crippen molar-refractivity contribution in [2.75, 3.05) is 11.9 Å². The van der Waals surface area contributed by atoms with Crippen LogP contribution in [-0.2, 0) is 0 Å². The molecule has 2 rings (SSSR count). The Labute approximate surface area is 90.8 Å². The van der Waals surface area contributed by atoms with Crippen LogP contribution in [0.2, 0.25) is 0 Å². The summed E-state index contributed by atoms with van der Waals surface area (Å²) in [5.41, 5.74) is -0.473. The Morgan fingerprint density at radius 2 is 2.38 bits per heavy atom. The van der Waals surface area contributed by atoms with Gasteiger partial charge in [0.25, 0.3) is 5.95 Å². The predicted molar refractivity (Wildman–Crippen MR) is 56.4 cm³/mol. The molecule has 2 heterocycles. The van der Waals surface area contributed by atoms with Gasteiger partial charge in [0.05, 0.1) is 0 Å². The molecule has 0 bridgehead atoms. The molecule has 0 aliphatic heterocycles. The highest BCUT2D eigenvalue weighted by Gasteiger charge is 2.04. The molecular weight excluding hydrogens is 210 g/mol. The molecule has 0 aromatic carbocycles. The highest BCUT2D eigenvalue weighted by atomic mass is 16.1. The third kappa shape index (κ3) is 2.22. The molecule has 0 saturated carbocycles. The summed E-state index contributed by atoms with van der Waals surface area (Å²) in [6.45, 7) is 2.74. The van der Waals surface area contributed by atoms with Crippen molar-refractivity contribution in [1.82, 2.24) is 29.7 Å². The molecule has 8 nitrogen and oxygen atoms in total. The van der Waals surface area contributed by atoms with Gasteiger partial charge in [-0.1, -0.05) is 6.92 Å². The zero-order chi connectivity index (χ0) is 11.4. The van der Waals surface area contributed by atoms with E-state index in [2.05, 4.69) is 30.4 Å². The fraction of sp³-hybridized carbons (Fsp3) is 0.375. The van der Waals surface area contributed by atoms with Crippen molar-refractivity contribution in [3.63, 3.8) is 0 Å². The van der Waals surface area contributed by atoms with E-state index in [0.717, 1.165) is 13.0 Å². The second-order valence-electron chi connectivity index (χ2n) is 3.07. The molecule has 0 fully saturated rings. The van der Waals surface area contributed by atoms with E-state index >= 15 is 0 Å². The summed E-state index contributed by atoms with van der Waals surface area (Å²) >= 11 is 0. The van der Waals surface area contributed by atoms with Gasteiger partial charge in [0.1, 0.15) is 12.7 Å². The lowest BCUT2D eigenvalue weighted by Gasteiger charge is -2.03. The highest BCUT2D eigenvalue weighted by molar-refractivity contribution is 5.25. The molecule has 2 aromatic heterocycles. The van der Waals surface area contributed by atoms with E-state index < -0.39 is 5.69 Å². The van der Waals surface area contributed by atoms with Gasteiger partial charge in [0.15, 0.2) is 0 Å². The first-order chi connectivity index (χ1) is 7.79. The van der Waals surface area contributed by atoms with Gasteiger partial charge in [-0.2, -0.15) is 19.7 Å². The number of nitrogens with one attached hydrogen (secondary N) is 2. The monoisotopic (exact) mass is 221 g/mol. The molecule has 16 heavy (non-hydrogen) atoms. The minimum Gasteiger partial charge on any atom is -0.356 e. The summed E-state index contributed by atoms with van der Waals surface area (Å²) in [7, 11) is 0. The standard InChI is InChI=1S/C8H11N7O/c1-2-3-10-6-12-7(14-8(16)13-6)15-5-9-4-11-15/h4-5H,2-3H2,1H3,(H2,10,12,13,14,16). The second-order valence-corrected chi connectivity index (χ2v) is 3.07. The third-order valence-corrected chi connectivity index (χ3v) is 1.80. The average Bonchev–Trinajstić information content (AvgIpc) is 2.79. The normalized spacial score (nSPS) is 10.3. The number of H-pyrrole nitrogens is 1. The molecule has 0 aliphatic rings. The van der Waals surface area contributed by atoms with Crippen LogP contribution in [-0.4, -0.2) is 36.3 Å². The Morgan fingerprint density at radius 3 is 3.06 bits per heavy atom. The summed E-state index contributed by atoms with van der Waals surface area (Å²) in [4.78, 5) is 25.3. The lowest BCUT2D eigenvalue weighted by molar-refractivity contribution is 0.779. The average molecular weight is 221 g/mol. The van der Waals surface area contributed by atoms with Crippen LogP contribution in [0.15, 0.2) is 17.4 Å². The summed E-state index contributed by atoms with van der Waals surface area (Å²) in [6, 6.07) is 0. The first-order valence-corrected chi connectivity index (χ1v) is 4.87. The van der Waals surface area contributed by atoms with Gasteiger partial charge < -0.3 is 5.32 Å². The highest BCUT2D eigenvalue weighted by Crippen LogP contribution is 1.98.